The van der Waals surface area contributed by atoms with Crippen LogP contribution in [0, 0.1) is 50.2 Å². The van der Waals surface area contributed by atoms with Gasteiger partial charge in [0.2, 0.25) is 0 Å². The van der Waals surface area contributed by atoms with Crippen molar-refractivity contribution >= 4 is 29.8 Å². The van der Waals surface area contributed by atoms with E-state index in [0.29, 0.717) is 12.3 Å². The molecule has 17 heteroatoms. The minimum atomic E-state index is -1.78. The maximum atomic E-state index is 15.1. The van der Waals surface area contributed by atoms with E-state index in [1.165, 1.54) is 5.57 Å². The van der Waals surface area contributed by atoms with Gasteiger partial charge in [-0.2, -0.15) is 0 Å². The van der Waals surface area contributed by atoms with Crippen molar-refractivity contribution in [2.24, 2.45) is 50.2 Å². The predicted octanol–water partition coefficient (Wildman–Crippen LogP) is 17.0. The summed E-state index contributed by atoms with van der Waals surface area (Å²) >= 11 is 0. The number of rotatable bonds is 20. The molecule has 108 heavy (non-hydrogen) atoms. The van der Waals surface area contributed by atoms with Crippen LogP contribution in [0.3, 0.4) is 0 Å². The van der Waals surface area contributed by atoms with E-state index >= 15 is 4.79 Å². The topological polar surface area (TPSA) is 196 Å². The molecule has 0 bridgehead atoms. The van der Waals surface area contributed by atoms with Crippen molar-refractivity contribution in [3.8, 4) is 0 Å². The molecule has 15 rings (SSSR count). The van der Waals surface area contributed by atoms with Crippen molar-refractivity contribution < 1.29 is 80.8 Å². The van der Waals surface area contributed by atoms with Gasteiger partial charge in [-0.3, -0.25) is 4.79 Å². The van der Waals surface area contributed by atoms with E-state index in [1.54, 1.807) is 121 Å². The first-order valence-electron chi connectivity index (χ1n) is 38.7. The summed E-state index contributed by atoms with van der Waals surface area (Å²) in [6.45, 7) is 16.9. The number of hydrogen-bond acceptors (Lipinski definition) is 17. The van der Waals surface area contributed by atoms with Crippen LogP contribution in [-0.2, 0) is 74.9 Å². The lowest BCUT2D eigenvalue weighted by Crippen LogP contribution is -2.68. The average molecular weight is 1470 g/mol. The van der Waals surface area contributed by atoms with E-state index in [9.17, 15) is 19.2 Å². The van der Waals surface area contributed by atoms with Crippen LogP contribution in [0.5, 0.6) is 0 Å². The Morgan fingerprint density at radius 1 is 0.463 bits per heavy atom. The molecular formula is C91H100O17. The Hall–Kier alpha value is -8.65. The third-order valence-corrected chi connectivity index (χ3v) is 26.2. The third kappa shape index (κ3) is 14.7. The Bertz CT molecular complexity index is 4310. The second kappa shape index (κ2) is 31.0. The summed E-state index contributed by atoms with van der Waals surface area (Å²) in [5, 5.41) is 0. The lowest BCUT2D eigenvalue weighted by atomic mass is 9.33. The van der Waals surface area contributed by atoms with E-state index in [2.05, 4.69) is 54.5 Å². The number of carbonyl (C=O) groups excluding carboxylic acids is 5. The largest absolute Gasteiger partial charge is 0.460 e. The van der Waals surface area contributed by atoms with Crippen LogP contribution in [0.25, 0.3) is 0 Å². The van der Waals surface area contributed by atoms with E-state index in [-0.39, 0.29) is 81.5 Å². The fourth-order valence-electron chi connectivity index (χ4n) is 20.2. The SMILES string of the molecule is CC1(C)CC[C@]2(C(=O)OCc3ccccc3)CC[C@]3(C)C(=CC[C@@H]4[C@@]5(C)CC[C@H](O[C@@H]6O[C@@H]7CO[C@@H](c8ccccc8)O[C@H]7[C@H](OCc7ccccc7)[C@H]6O[C@@H]6O[C@H](COC(=O)c7ccccc7)[C@@H](OC(=O)c7ccccc7)[C@H](OC(=O)c7ccccc7)[C@H]6OC(=O)c6ccccc6)C(C)(C)[C@@H]5CC[C@]43C)[C@@H]2C1. The van der Waals surface area contributed by atoms with Gasteiger partial charge in [0.1, 0.15) is 43.7 Å². The van der Waals surface area contributed by atoms with Gasteiger partial charge in [0.15, 0.2) is 37.2 Å². The molecule has 7 fully saturated rings. The summed E-state index contributed by atoms with van der Waals surface area (Å²) in [5.41, 5.74) is 3.24. The van der Waals surface area contributed by atoms with Crippen molar-refractivity contribution in [3.63, 3.8) is 0 Å². The molecule has 566 valence electrons. The minimum Gasteiger partial charge on any atom is -0.460 e. The highest BCUT2D eigenvalue weighted by atomic mass is 16.8. The summed E-state index contributed by atoms with van der Waals surface area (Å²) < 4.78 is 83.3. The fourth-order valence-corrected chi connectivity index (χ4v) is 20.2. The molecule has 8 aliphatic rings. The average Bonchev–Trinajstić information content (AvgIpc) is 0.675. The molecule has 0 unspecified atom stereocenters. The van der Waals surface area contributed by atoms with Gasteiger partial charge in [0.25, 0.3) is 0 Å². The first-order valence-corrected chi connectivity index (χ1v) is 38.7. The molecule has 0 radical (unpaired) electrons. The van der Waals surface area contributed by atoms with Gasteiger partial charge in [-0.15, -0.1) is 0 Å². The molecule has 5 aliphatic carbocycles. The van der Waals surface area contributed by atoms with Crippen molar-refractivity contribution in [3.05, 3.63) is 263 Å². The van der Waals surface area contributed by atoms with Crippen LogP contribution in [0.4, 0.5) is 0 Å². The normalized spacial score (nSPS) is 33.6. The number of carbonyl (C=O) groups is 5. The Labute approximate surface area is 633 Å². The van der Waals surface area contributed by atoms with Crippen molar-refractivity contribution in [2.75, 3.05) is 13.2 Å². The predicted molar refractivity (Wildman–Crippen MR) is 401 cm³/mol. The van der Waals surface area contributed by atoms with Crippen LogP contribution in [-0.4, -0.2) is 111 Å². The van der Waals surface area contributed by atoms with Gasteiger partial charge < -0.3 is 56.8 Å². The highest BCUT2D eigenvalue weighted by Crippen LogP contribution is 2.76. The molecule has 7 aromatic carbocycles. The monoisotopic (exact) mass is 1460 g/mol. The smallest absolute Gasteiger partial charge is 0.338 e. The van der Waals surface area contributed by atoms with Crippen molar-refractivity contribution in [1.82, 2.24) is 0 Å². The molecule has 0 spiro atoms. The van der Waals surface area contributed by atoms with E-state index in [1.807, 2.05) is 91.0 Å². The maximum Gasteiger partial charge on any atom is 0.338 e. The van der Waals surface area contributed by atoms with Gasteiger partial charge in [0, 0.05) is 5.56 Å². The highest BCUT2D eigenvalue weighted by molar-refractivity contribution is 5.92. The van der Waals surface area contributed by atoms with Crippen LogP contribution < -0.4 is 0 Å². The van der Waals surface area contributed by atoms with Gasteiger partial charge in [0.05, 0.1) is 47.0 Å². The summed E-state index contributed by atoms with van der Waals surface area (Å²) in [4.78, 5) is 73.9. The zero-order chi connectivity index (χ0) is 75.0. The van der Waals surface area contributed by atoms with Crippen LogP contribution in [0.2, 0.25) is 0 Å². The minimum absolute atomic E-state index is 0.0514. The zero-order valence-corrected chi connectivity index (χ0v) is 62.8. The molecular weight excluding hydrogens is 1360 g/mol. The second-order valence-corrected chi connectivity index (χ2v) is 33.2. The third-order valence-electron chi connectivity index (χ3n) is 26.2. The number of esters is 5. The molecule has 0 amide bonds. The Balaban J connectivity index is 0.805. The van der Waals surface area contributed by atoms with E-state index < -0.39 is 115 Å². The first kappa shape index (κ1) is 74.8. The quantitative estimate of drug-likeness (QED) is 0.0302. The molecule has 0 aromatic heterocycles. The zero-order valence-electron chi connectivity index (χ0n) is 62.8. The maximum absolute atomic E-state index is 15.1. The molecule has 3 heterocycles. The summed E-state index contributed by atoms with van der Waals surface area (Å²) in [7, 11) is 0. The first-order chi connectivity index (χ1) is 52.1. The van der Waals surface area contributed by atoms with E-state index in [4.69, 9.17) is 56.8 Å². The molecule has 17 nitrogen and oxygen atoms in total. The number of hydrogen-bond donors (Lipinski definition) is 0. The summed E-state index contributed by atoms with van der Waals surface area (Å²) in [6, 6.07) is 62.6. The van der Waals surface area contributed by atoms with Gasteiger partial charge in [-0.1, -0.05) is 224 Å². The standard InChI is InChI=1S/C91H100O17/c1-86(2)49-51-91(85(96)100-55-59-31-17-9-18-32-59)52-50-89(6)65(66(91)53-86)43-44-70-88(5)47-46-71(87(3,4)69(88)45-48-90(70,89)7)103-83-76(74(97-54-58-29-15-8-16-30-58)72-68(101-83)57-99-82(107-72)64-41-27-14-28-42-64)108-84-77(106-81(95)63-39-25-13-26-40-63)75(105-80(94)62-37-23-12-24-38-62)73(104-79(93)61-35-21-11-22-36-61)67(102-84)56-98-78(92)60-33-19-10-20-34-60/h8-43,66-77,82-84H,44-57H2,1-7H3/t66-,67+,68+,69-,70+,71-,72+,73+,74-,75-,76+,77+,82+,83-,84-,88-,89+,90+,91-/m0/s1. The van der Waals surface area contributed by atoms with Crippen molar-refractivity contribution in [2.45, 2.75) is 200 Å². The molecule has 4 saturated carbocycles. The molecule has 0 N–H and O–H groups in total. The summed E-state index contributed by atoms with van der Waals surface area (Å²) in [6.07, 6.45) is -3.92. The highest BCUT2D eigenvalue weighted by Gasteiger charge is 2.70. The van der Waals surface area contributed by atoms with Crippen LogP contribution >= 0.6 is 0 Å². The van der Waals surface area contributed by atoms with Crippen molar-refractivity contribution in [1.29, 1.82) is 0 Å². The molecule has 3 aliphatic heterocycles. The Morgan fingerprint density at radius 3 is 1.57 bits per heavy atom. The summed E-state index contributed by atoms with van der Waals surface area (Å²) in [5.74, 6) is -2.80. The van der Waals surface area contributed by atoms with Crippen LogP contribution in [0.1, 0.15) is 177 Å². The second-order valence-electron chi connectivity index (χ2n) is 33.2. The number of ether oxygens (including phenoxy) is 12. The Morgan fingerprint density at radius 2 is 0.981 bits per heavy atom. The van der Waals surface area contributed by atoms with Gasteiger partial charge in [-0.25, -0.2) is 19.2 Å². The number of allylic oxidation sites excluding steroid dienone is 2. The fraction of sp³-hybridized carbons (Fsp3) is 0.462. The van der Waals surface area contributed by atoms with Crippen LogP contribution in [0.15, 0.2) is 224 Å². The molecule has 19 atom stereocenters. The lowest BCUT2D eigenvalue weighted by molar-refractivity contribution is -0.405. The van der Waals surface area contributed by atoms with E-state index in [0.717, 1.165) is 74.5 Å². The van der Waals surface area contributed by atoms with Gasteiger partial charge >= 0.3 is 29.8 Å². The number of benzene rings is 7. The molecule has 7 aromatic rings. The Kier molecular flexibility index (Phi) is 21.5. The lowest BCUT2D eigenvalue weighted by Gasteiger charge is -2.71. The number of fused-ring (bicyclic) bond motifs is 8. The van der Waals surface area contributed by atoms with Gasteiger partial charge in [-0.05, 0) is 169 Å². The molecule has 3 saturated heterocycles.